The highest BCUT2D eigenvalue weighted by Gasteiger charge is 2.56. The third kappa shape index (κ3) is 7.05. The van der Waals surface area contributed by atoms with Crippen molar-refractivity contribution in [3.63, 3.8) is 0 Å². The first-order chi connectivity index (χ1) is 21.5. The van der Waals surface area contributed by atoms with Crippen LogP contribution in [0.15, 0.2) is 61.2 Å². The molecule has 0 bridgehead atoms. The molecule has 0 unspecified atom stereocenters. The van der Waals surface area contributed by atoms with E-state index in [0.29, 0.717) is 0 Å². The van der Waals surface area contributed by atoms with Crippen molar-refractivity contribution in [3.05, 3.63) is 72.3 Å². The van der Waals surface area contributed by atoms with Crippen LogP contribution in [0.5, 0.6) is 0 Å². The molecular weight excluding hydrogens is 584 g/mol. The van der Waals surface area contributed by atoms with E-state index in [-0.39, 0.29) is 25.0 Å². The molecule has 1 aliphatic carbocycles. The van der Waals surface area contributed by atoms with Gasteiger partial charge in [-0.3, -0.25) is 4.79 Å². The third-order valence-corrected chi connectivity index (χ3v) is 8.07. The van der Waals surface area contributed by atoms with Crippen molar-refractivity contribution in [1.29, 1.82) is 0 Å². The van der Waals surface area contributed by atoms with Gasteiger partial charge in [0.2, 0.25) is 5.91 Å². The summed E-state index contributed by atoms with van der Waals surface area (Å²) in [5.41, 5.74) is 4.25. The molecule has 12 nitrogen and oxygen atoms in total. The molecule has 2 amide bonds. The number of hydrogen-bond donors (Lipinski definition) is 3. The van der Waals surface area contributed by atoms with Crippen molar-refractivity contribution in [2.75, 3.05) is 19.8 Å². The summed E-state index contributed by atoms with van der Waals surface area (Å²) >= 11 is 0. The Morgan fingerprint density at radius 1 is 1.02 bits per heavy atom. The van der Waals surface area contributed by atoms with Gasteiger partial charge < -0.3 is 44.2 Å². The highest BCUT2D eigenvalue weighted by atomic mass is 16.8. The molecule has 0 aromatic heterocycles. The molecule has 0 saturated carbocycles. The van der Waals surface area contributed by atoms with Crippen LogP contribution in [0.2, 0.25) is 0 Å². The summed E-state index contributed by atoms with van der Waals surface area (Å²) in [6.07, 6.45) is -3.94. The number of alkyl carbamates (subject to hydrolysis) is 1. The van der Waals surface area contributed by atoms with Gasteiger partial charge in [-0.1, -0.05) is 61.2 Å². The molecule has 2 saturated heterocycles. The van der Waals surface area contributed by atoms with Gasteiger partial charge in [-0.05, 0) is 43.0 Å². The number of nitrogens with one attached hydrogen (secondary N) is 2. The summed E-state index contributed by atoms with van der Waals surface area (Å²) < 4.78 is 35.1. The first-order valence-corrected chi connectivity index (χ1v) is 15.0. The van der Waals surface area contributed by atoms with Crippen LogP contribution < -0.4 is 10.6 Å². The van der Waals surface area contributed by atoms with Gasteiger partial charge in [0.15, 0.2) is 18.1 Å². The third-order valence-electron chi connectivity index (χ3n) is 8.07. The number of ether oxygens (including phenoxy) is 6. The summed E-state index contributed by atoms with van der Waals surface area (Å²) in [5.74, 6) is -2.36. The molecule has 2 heterocycles. The Hall–Kier alpha value is -3.81. The minimum absolute atomic E-state index is 0.0360. The van der Waals surface area contributed by atoms with Crippen LogP contribution >= 0.6 is 0 Å². The standard InChI is InChI=1S/C33H40N2O10/c1-6-15-40-30(38)26(35-32(39)41-17-24-22-13-9-7-11-20(22)21-12-8-10-14-23(21)24)18(2)42-31-27(34-19(3)37)29-28(25(16-36)43-31)44-33(4,5)45-29/h6-14,18,24-29,31,36H,1,15-17H2,2-5H3,(H,34,37)(H,35,39)/t18-,25-,26+,27-,28+,29-,31+/m1/s1. The fourth-order valence-corrected chi connectivity index (χ4v) is 6.18. The number of aliphatic hydroxyl groups excluding tert-OH is 1. The topological polar surface area (TPSA) is 151 Å². The molecule has 12 heteroatoms. The van der Waals surface area contributed by atoms with E-state index in [2.05, 4.69) is 17.2 Å². The summed E-state index contributed by atoms with van der Waals surface area (Å²) in [6, 6.07) is 13.7. The van der Waals surface area contributed by atoms with Crippen molar-refractivity contribution in [2.24, 2.45) is 0 Å². The second-order valence-corrected chi connectivity index (χ2v) is 11.7. The number of benzene rings is 2. The van der Waals surface area contributed by atoms with E-state index in [1.54, 1.807) is 20.8 Å². The van der Waals surface area contributed by atoms with Crippen molar-refractivity contribution in [3.8, 4) is 11.1 Å². The molecule has 5 rings (SSSR count). The highest BCUT2D eigenvalue weighted by Crippen LogP contribution is 2.44. The van der Waals surface area contributed by atoms with E-state index in [4.69, 9.17) is 28.4 Å². The van der Waals surface area contributed by atoms with Gasteiger partial charge in [0.25, 0.3) is 0 Å². The predicted molar refractivity (Wildman–Crippen MR) is 161 cm³/mol. The molecule has 242 valence electrons. The summed E-state index contributed by atoms with van der Waals surface area (Å²) in [5, 5.41) is 15.4. The zero-order valence-electron chi connectivity index (χ0n) is 25.8. The first-order valence-electron chi connectivity index (χ1n) is 15.0. The van der Waals surface area contributed by atoms with Crippen LogP contribution in [-0.2, 0) is 38.0 Å². The smallest absolute Gasteiger partial charge is 0.407 e. The Balaban J connectivity index is 1.31. The molecule has 45 heavy (non-hydrogen) atoms. The number of carbonyl (C=O) groups excluding carboxylic acids is 3. The molecule has 0 radical (unpaired) electrons. The summed E-state index contributed by atoms with van der Waals surface area (Å²) in [4.78, 5) is 38.5. The lowest BCUT2D eigenvalue weighted by molar-refractivity contribution is -0.265. The predicted octanol–water partition coefficient (Wildman–Crippen LogP) is 2.77. The SMILES string of the molecule is C=CCOC(=O)[C@@H](NC(=O)OCC1c2ccccc2-c2ccccc21)[C@@H](C)O[C@H]1O[C@H](CO)[C@@H]2OC(C)(C)O[C@@H]2[C@H]1NC(C)=O. The van der Waals surface area contributed by atoms with Crippen LogP contribution in [0.1, 0.15) is 44.7 Å². The quantitative estimate of drug-likeness (QED) is 0.252. The fourth-order valence-electron chi connectivity index (χ4n) is 6.18. The molecule has 2 aliphatic heterocycles. The minimum Gasteiger partial charge on any atom is -0.460 e. The number of hydrogen-bond acceptors (Lipinski definition) is 10. The van der Waals surface area contributed by atoms with Gasteiger partial charge >= 0.3 is 12.1 Å². The molecule has 3 aliphatic rings. The zero-order chi connectivity index (χ0) is 32.3. The van der Waals surface area contributed by atoms with Crippen LogP contribution in [0.4, 0.5) is 4.79 Å². The van der Waals surface area contributed by atoms with Gasteiger partial charge in [-0.25, -0.2) is 9.59 Å². The van der Waals surface area contributed by atoms with Crippen LogP contribution in [0, 0.1) is 0 Å². The van der Waals surface area contributed by atoms with Gasteiger partial charge in [-0.2, -0.15) is 0 Å². The Bertz CT molecular complexity index is 1370. The number of amides is 2. The van der Waals surface area contributed by atoms with Gasteiger partial charge in [0, 0.05) is 12.8 Å². The van der Waals surface area contributed by atoms with Gasteiger partial charge in [-0.15, -0.1) is 0 Å². The van der Waals surface area contributed by atoms with Crippen LogP contribution in [-0.4, -0.2) is 91.5 Å². The maximum absolute atomic E-state index is 13.2. The van der Waals surface area contributed by atoms with Crippen molar-refractivity contribution >= 4 is 18.0 Å². The van der Waals surface area contributed by atoms with E-state index < -0.39 is 67.2 Å². The van der Waals surface area contributed by atoms with E-state index in [1.807, 2.05) is 48.5 Å². The van der Waals surface area contributed by atoms with Gasteiger partial charge in [0.1, 0.15) is 37.6 Å². The molecule has 0 spiro atoms. The van der Waals surface area contributed by atoms with E-state index in [9.17, 15) is 19.5 Å². The molecular formula is C33H40N2O10. The van der Waals surface area contributed by atoms with Gasteiger partial charge in [0.05, 0.1) is 12.7 Å². The lowest BCUT2D eigenvalue weighted by Crippen LogP contribution is -2.65. The normalized spacial score (nSPS) is 26.0. The first kappa shape index (κ1) is 32.6. The lowest BCUT2D eigenvalue weighted by Gasteiger charge is -2.43. The van der Waals surface area contributed by atoms with Crippen LogP contribution in [0.25, 0.3) is 11.1 Å². The maximum atomic E-state index is 13.2. The number of aliphatic hydroxyl groups is 1. The molecule has 3 N–H and O–H groups in total. The lowest BCUT2D eigenvalue weighted by atomic mass is 9.96. The van der Waals surface area contributed by atoms with Crippen molar-refractivity contribution in [1.82, 2.24) is 10.6 Å². The number of rotatable bonds is 11. The second kappa shape index (κ2) is 13.7. The molecule has 2 fully saturated rings. The molecule has 7 atom stereocenters. The van der Waals surface area contributed by atoms with Crippen LogP contribution in [0.3, 0.4) is 0 Å². The molecule has 2 aromatic rings. The Labute approximate surface area is 262 Å². The van der Waals surface area contributed by atoms with E-state index in [0.717, 1.165) is 22.3 Å². The van der Waals surface area contributed by atoms with Crippen molar-refractivity contribution in [2.45, 2.75) is 82.2 Å². The number of carbonyl (C=O) groups is 3. The number of esters is 1. The maximum Gasteiger partial charge on any atom is 0.407 e. The zero-order valence-corrected chi connectivity index (χ0v) is 25.8. The van der Waals surface area contributed by atoms with E-state index >= 15 is 0 Å². The summed E-state index contributed by atoms with van der Waals surface area (Å²) in [6.45, 7) is 9.41. The Kier molecular flexibility index (Phi) is 9.90. The average molecular weight is 625 g/mol. The Morgan fingerprint density at radius 2 is 1.64 bits per heavy atom. The second-order valence-electron chi connectivity index (χ2n) is 11.7. The fraction of sp³-hybridized carbons (Fsp3) is 0.485. The van der Waals surface area contributed by atoms with Crippen molar-refractivity contribution < 1.29 is 47.9 Å². The van der Waals surface area contributed by atoms with E-state index in [1.165, 1.54) is 13.0 Å². The monoisotopic (exact) mass is 624 g/mol. The minimum atomic E-state index is -1.33. The molecule has 2 aromatic carbocycles. The number of fused-ring (bicyclic) bond motifs is 4. The average Bonchev–Trinajstić information content (AvgIpc) is 3.51. The summed E-state index contributed by atoms with van der Waals surface area (Å²) in [7, 11) is 0. The highest BCUT2D eigenvalue weighted by molar-refractivity contribution is 5.82. The Morgan fingerprint density at radius 3 is 2.24 bits per heavy atom. The largest absolute Gasteiger partial charge is 0.460 e.